The Hall–Kier alpha value is -4.47. The molecule has 252 valence electrons. The van der Waals surface area contributed by atoms with Gasteiger partial charge in [-0.15, -0.1) is 0 Å². The van der Waals surface area contributed by atoms with Crippen LogP contribution >= 0.6 is 0 Å². The summed E-state index contributed by atoms with van der Waals surface area (Å²) in [6.45, 7) is 8.42. The van der Waals surface area contributed by atoms with Crippen molar-refractivity contribution >= 4 is 21.9 Å². The van der Waals surface area contributed by atoms with Gasteiger partial charge in [0.2, 0.25) is 15.9 Å². The maximum Gasteiger partial charge on any atom is 0.326 e. The Labute approximate surface area is 283 Å². The number of hydrogen-bond donors (Lipinski definition) is 2. The highest BCUT2D eigenvalue weighted by Crippen LogP contribution is 2.37. The SMILES string of the molecule is CCCCS(=O)(=O)N1CCc2ccc(Oc3ccc(C(C)(C)C)cc3)cc2C1C(=O)N[C@@H](Cc1ccc(-c2ccccc2)cc1)C(=O)O. The molecule has 1 unspecified atom stereocenters. The highest BCUT2D eigenvalue weighted by atomic mass is 32.2. The summed E-state index contributed by atoms with van der Waals surface area (Å²) in [5.74, 6) is -0.930. The fraction of sp³-hybridized carbons (Fsp3) is 0.333. The summed E-state index contributed by atoms with van der Waals surface area (Å²) in [7, 11) is -3.83. The molecule has 0 radical (unpaired) electrons. The van der Waals surface area contributed by atoms with Crippen LogP contribution in [-0.4, -0.2) is 48.0 Å². The highest BCUT2D eigenvalue weighted by Gasteiger charge is 2.41. The average Bonchev–Trinajstić information content (AvgIpc) is 3.07. The zero-order valence-corrected chi connectivity index (χ0v) is 28.8. The molecule has 0 aliphatic carbocycles. The molecule has 1 aliphatic rings. The Morgan fingerprint density at radius 1 is 0.917 bits per heavy atom. The molecule has 48 heavy (non-hydrogen) atoms. The monoisotopic (exact) mass is 668 g/mol. The topological polar surface area (TPSA) is 113 Å². The maximum atomic E-state index is 14.1. The van der Waals surface area contributed by atoms with Gasteiger partial charge < -0.3 is 15.2 Å². The average molecular weight is 669 g/mol. The number of carboxylic acid groups (broad SMARTS) is 1. The third kappa shape index (κ3) is 8.32. The lowest BCUT2D eigenvalue weighted by Crippen LogP contribution is -2.51. The van der Waals surface area contributed by atoms with Crippen LogP contribution in [-0.2, 0) is 37.9 Å². The molecule has 5 rings (SSSR count). The number of fused-ring (bicyclic) bond motifs is 1. The predicted molar refractivity (Wildman–Crippen MR) is 189 cm³/mol. The van der Waals surface area contributed by atoms with E-state index in [0.29, 0.717) is 36.3 Å². The van der Waals surface area contributed by atoms with Gasteiger partial charge in [0.05, 0.1) is 5.75 Å². The van der Waals surface area contributed by atoms with Gasteiger partial charge in [-0.1, -0.05) is 107 Å². The van der Waals surface area contributed by atoms with Gasteiger partial charge in [-0.3, -0.25) is 4.79 Å². The minimum atomic E-state index is -3.83. The molecule has 0 saturated heterocycles. The van der Waals surface area contributed by atoms with E-state index in [-0.39, 0.29) is 24.1 Å². The standard InChI is InChI=1S/C39H44N2O6S/c1-5-6-24-48(45,46)41-23-22-30-16-19-33(47-32-20-17-31(18-21-32)39(2,3)4)26-34(30)36(41)37(42)40-35(38(43)44)25-27-12-14-29(15-13-27)28-10-8-7-9-11-28/h7-21,26,35-36H,5-6,22-25H2,1-4H3,(H,40,42)(H,43,44)/t35-,36?/m0/s1. The fourth-order valence-corrected chi connectivity index (χ4v) is 7.75. The second-order valence-electron chi connectivity index (χ2n) is 13.3. The summed E-state index contributed by atoms with van der Waals surface area (Å²) in [6.07, 6.45) is 1.58. The molecular weight excluding hydrogens is 625 g/mol. The predicted octanol–water partition coefficient (Wildman–Crippen LogP) is 7.28. The number of hydrogen-bond acceptors (Lipinski definition) is 5. The van der Waals surface area contributed by atoms with E-state index in [0.717, 1.165) is 27.8 Å². The maximum absolute atomic E-state index is 14.1. The Morgan fingerprint density at radius 2 is 1.56 bits per heavy atom. The number of amides is 1. The summed E-state index contributed by atoms with van der Waals surface area (Å²) in [5.41, 5.74) is 5.20. The number of nitrogens with one attached hydrogen (secondary N) is 1. The number of nitrogens with zero attached hydrogens (tertiary/aromatic N) is 1. The van der Waals surface area contributed by atoms with E-state index in [1.807, 2.05) is 97.9 Å². The first-order chi connectivity index (χ1) is 22.9. The molecule has 4 aromatic carbocycles. The summed E-state index contributed by atoms with van der Waals surface area (Å²) in [6, 6.07) is 28.0. The van der Waals surface area contributed by atoms with Crippen molar-refractivity contribution in [1.29, 1.82) is 0 Å². The van der Waals surface area contributed by atoms with Gasteiger partial charge in [0.1, 0.15) is 23.6 Å². The van der Waals surface area contributed by atoms with Crippen molar-refractivity contribution in [3.8, 4) is 22.6 Å². The van der Waals surface area contributed by atoms with Crippen LogP contribution in [0.2, 0.25) is 0 Å². The van der Waals surface area contributed by atoms with Gasteiger partial charge in [0.15, 0.2) is 0 Å². The number of sulfonamides is 1. The molecule has 0 spiro atoms. The van der Waals surface area contributed by atoms with E-state index in [2.05, 4.69) is 26.1 Å². The zero-order valence-electron chi connectivity index (χ0n) is 28.0. The van der Waals surface area contributed by atoms with Crippen LogP contribution in [0, 0.1) is 0 Å². The smallest absolute Gasteiger partial charge is 0.326 e. The van der Waals surface area contributed by atoms with Crippen molar-refractivity contribution in [3.63, 3.8) is 0 Å². The van der Waals surface area contributed by atoms with Crippen molar-refractivity contribution in [2.45, 2.75) is 70.9 Å². The molecule has 0 bridgehead atoms. The summed E-state index contributed by atoms with van der Waals surface area (Å²) in [5, 5.41) is 12.8. The Bertz CT molecular complexity index is 1830. The van der Waals surface area contributed by atoms with Crippen LogP contribution in [0.4, 0.5) is 0 Å². The minimum Gasteiger partial charge on any atom is -0.480 e. The largest absolute Gasteiger partial charge is 0.480 e. The van der Waals surface area contributed by atoms with Crippen LogP contribution in [0.5, 0.6) is 11.5 Å². The van der Waals surface area contributed by atoms with Crippen molar-refractivity contribution < 1.29 is 27.9 Å². The Kier molecular flexibility index (Phi) is 10.7. The van der Waals surface area contributed by atoms with E-state index in [1.54, 1.807) is 6.07 Å². The second kappa shape index (κ2) is 14.7. The van der Waals surface area contributed by atoms with Crippen molar-refractivity contribution in [3.05, 3.63) is 119 Å². The number of carbonyl (C=O) groups is 2. The lowest BCUT2D eigenvalue weighted by atomic mass is 9.87. The third-order valence-electron chi connectivity index (χ3n) is 8.73. The van der Waals surface area contributed by atoms with Crippen LogP contribution in [0.3, 0.4) is 0 Å². The lowest BCUT2D eigenvalue weighted by Gasteiger charge is -2.36. The first-order valence-electron chi connectivity index (χ1n) is 16.4. The van der Waals surface area contributed by atoms with E-state index >= 15 is 0 Å². The molecule has 9 heteroatoms. The lowest BCUT2D eigenvalue weighted by molar-refractivity contribution is -0.142. The third-order valence-corrected chi connectivity index (χ3v) is 10.6. The van der Waals surface area contributed by atoms with Gasteiger partial charge in [0.25, 0.3) is 0 Å². The Morgan fingerprint density at radius 3 is 2.19 bits per heavy atom. The molecule has 1 amide bonds. The van der Waals surface area contributed by atoms with Crippen LogP contribution in [0.1, 0.15) is 68.8 Å². The van der Waals surface area contributed by atoms with E-state index in [4.69, 9.17) is 4.74 Å². The number of carbonyl (C=O) groups excluding carboxylic acids is 1. The quantitative estimate of drug-likeness (QED) is 0.164. The van der Waals surface area contributed by atoms with Gasteiger partial charge in [0, 0.05) is 13.0 Å². The summed E-state index contributed by atoms with van der Waals surface area (Å²) >= 11 is 0. The molecule has 8 nitrogen and oxygen atoms in total. The van der Waals surface area contributed by atoms with Gasteiger partial charge in [-0.25, -0.2) is 13.2 Å². The van der Waals surface area contributed by atoms with E-state index < -0.39 is 34.0 Å². The van der Waals surface area contributed by atoms with E-state index in [1.165, 1.54) is 4.31 Å². The summed E-state index contributed by atoms with van der Waals surface area (Å²) in [4.78, 5) is 26.6. The molecule has 2 N–H and O–H groups in total. The summed E-state index contributed by atoms with van der Waals surface area (Å²) < 4.78 is 34.6. The molecule has 0 saturated carbocycles. The number of unbranched alkanes of at least 4 members (excludes halogenated alkanes) is 1. The first kappa shape index (κ1) is 34.9. The molecule has 2 atom stereocenters. The van der Waals surface area contributed by atoms with Crippen molar-refractivity contribution in [2.24, 2.45) is 0 Å². The van der Waals surface area contributed by atoms with Crippen LogP contribution in [0.25, 0.3) is 11.1 Å². The number of ether oxygens (including phenoxy) is 1. The molecule has 1 aliphatic heterocycles. The second-order valence-corrected chi connectivity index (χ2v) is 15.4. The fourth-order valence-electron chi connectivity index (χ4n) is 5.96. The van der Waals surface area contributed by atoms with Crippen molar-refractivity contribution in [1.82, 2.24) is 9.62 Å². The zero-order chi connectivity index (χ0) is 34.5. The molecular formula is C39H44N2O6S. The number of carboxylic acids is 1. The number of rotatable bonds is 12. The van der Waals surface area contributed by atoms with Gasteiger partial charge >= 0.3 is 5.97 Å². The number of benzene rings is 4. The normalized spacial score (nSPS) is 15.7. The minimum absolute atomic E-state index is 0.0168. The van der Waals surface area contributed by atoms with E-state index in [9.17, 15) is 23.1 Å². The van der Waals surface area contributed by atoms with Crippen LogP contribution in [0.15, 0.2) is 97.1 Å². The first-order valence-corrected chi connectivity index (χ1v) is 18.0. The molecule has 0 fully saturated rings. The Balaban J connectivity index is 1.43. The molecule has 0 aromatic heterocycles. The van der Waals surface area contributed by atoms with Crippen molar-refractivity contribution in [2.75, 3.05) is 12.3 Å². The van der Waals surface area contributed by atoms with Gasteiger partial charge in [-0.2, -0.15) is 4.31 Å². The molecule has 4 aromatic rings. The number of aliphatic carboxylic acids is 1. The highest BCUT2D eigenvalue weighted by molar-refractivity contribution is 7.89. The molecule has 1 heterocycles. The van der Waals surface area contributed by atoms with Gasteiger partial charge in [-0.05, 0) is 75.9 Å². The van der Waals surface area contributed by atoms with Crippen LogP contribution < -0.4 is 10.1 Å².